The maximum absolute atomic E-state index is 13.6. The standard InChI is InChI=1S/C16H14F2N2O3S/c1-2-8-19-24(22,23)13-5-3-4-11(9-13)16(21)20-15-7-6-12(17)10-14(15)18/h2-7,9-10,19H,1,8H2,(H,20,21). The number of hydrogen-bond acceptors (Lipinski definition) is 3. The molecule has 0 aromatic heterocycles. The van der Waals surface area contributed by atoms with E-state index in [0.717, 1.165) is 18.2 Å². The average molecular weight is 352 g/mol. The highest BCUT2D eigenvalue weighted by Gasteiger charge is 2.16. The number of hydrogen-bond donors (Lipinski definition) is 2. The first-order chi connectivity index (χ1) is 11.3. The first-order valence-electron chi connectivity index (χ1n) is 6.80. The van der Waals surface area contributed by atoms with Gasteiger partial charge in [0.05, 0.1) is 10.6 Å². The molecule has 2 rings (SSSR count). The third-order valence-electron chi connectivity index (χ3n) is 3.00. The summed E-state index contributed by atoms with van der Waals surface area (Å²) >= 11 is 0. The van der Waals surface area contributed by atoms with Crippen molar-refractivity contribution in [3.05, 3.63) is 72.3 Å². The van der Waals surface area contributed by atoms with E-state index in [2.05, 4.69) is 16.6 Å². The number of rotatable bonds is 6. The van der Waals surface area contributed by atoms with E-state index in [1.54, 1.807) is 0 Å². The van der Waals surface area contributed by atoms with Gasteiger partial charge in [-0.05, 0) is 30.3 Å². The normalized spacial score (nSPS) is 11.1. The Morgan fingerprint density at radius 1 is 1.17 bits per heavy atom. The van der Waals surface area contributed by atoms with Crippen molar-refractivity contribution in [2.24, 2.45) is 0 Å². The summed E-state index contributed by atoms with van der Waals surface area (Å²) in [6.45, 7) is 3.45. The number of benzene rings is 2. The van der Waals surface area contributed by atoms with Crippen LogP contribution in [0.4, 0.5) is 14.5 Å². The molecule has 0 spiro atoms. The molecule has 0 fully saturated rings. The summed E-state index contributed by atoms with van der Waals surface area (Å²) in [7, 11) is -3.79. The van der Waals surface area contributed by atoms with Crippen molar-refractivity contribution in [2.45, 2.75) is 4.90 Å². The van der Waals surface area contributed by atoms with Crippen molar-refractivity contribution in [2.75, 3.05) is 11.9 Å². The highest BCUT2D eigenvalue weighted by atomic mass is 32.2. The topological polar surface area (TPSA) is 75.3 Å². The molecule has 2 aromatic rings. The van der Waals surface area contributed by atoms with Crippen LogP contribution in [0.15, 0.2) is 60.0 Å². The fourth-order valence-corrected chi connectivity index (χ4v) is 2.89. The monoisotopic (exact) mass is 352 g/mol. The van der Waals surface area contributed by atoms with E-state index in [1.165, 1.54) is 24.3 Å². The van der Waals surface area contributed by atoms with E-state index in [0.29, 0.717) is 6.07 Å². The van der Waals surface area contributed by atoms with Gasteiger partial charge in [0, 0.05) is 18.2 Å². The van der Waals surface area contributed by atoms with E-state index < -0.39 is 27.6 Å². The van der Waals surface area contributed by atoms with Gasteiger partial charge in [-0.25, -0.2) is 21.9 Å². The van der Waals surface area contributed by atoms with Crippen molar-refractivity contribution in [1.29, 1.82) is 0 Å². The molecule has 5 nitrogen and oxygen atoms in total. The first-order valence-corrected chi connectivity index (χ1v) is 8.29. The van der Waals surface area contributed by atoms with Gasteiger partial charge in [0.15, 0.2) is 0 Å². The van der Waals surface area contributed by atoms with Gasteiger partial charge in [-0.2, -0.15) is 0 Å². The molecule has 0 bridgehead atoms. The van der Waals surface area contributed by atoms with Crippen LogP contribution in [0.2, 0.25) is 0 Å². The van der Waals surface area contributed by atoms with E-state index in [9.17, 15) is 22.0 Å². The summed E-state index contributed by atoms with van der Waals surface area (Å²) in [5.74, 6) is -2.42. The number of carbonyl (C=O) groups excluding carboxylic acids is 1. The van der Waals surface area contributed by atoms with Crippen LogP contribution in [0.1, 0.15) is 10.4 Å². The number of halogens is 2. The Labute approximate surface area is 138 Å². The molecule has 24 heavy (non-hydrogen) atoms. The lowest BCUT2D eigenvalue weighted by molar-refractivity contribution is 0.102. The van der Waals surface area contributed by atoms with Crippen molar-refractivity contribution in [3.63, 3.8) is 0 Å². The number of anilines is 1. The molecular weight excluding hydrogens is 338 g/mol. The lowest BCUT2D eigenvalue weighted by Crippen LogP contribution is -2.24. The third kappa shape index (κ3) is 4.24. The quantitative estimate of drug-likeness (QED) is 0.785. The van der Waals surface area contributed by atoms with E-state index >= 15 is 0 Å². The third-order valence-corrected chi connectivity index (χ3v) is 4.42. The van der Waals surface area contributed by atoms with Gasteiger partial charge in [0.1, 0.15) is 11.6 Å². The molecule has 0 aliphatic carbocycles. The van der Waals surface area contributed by atoms with Gasteiger partial charge in [-0.15, -0.1) is 6.58 Å². The molecule has 0 atom stereocenters. The molecule has 1 amide bonds. The Balaban J connectivity index is 2.24. The zero-order valence-corrected chi connectivity index (χ0v) is 13.2. The van der Waals surface area contributed by atoms with Crippen LogP contribution in [-0.2, 0) is 10.0 Å². The number of nitrogens with one attached hydrogen (secondary N) is 2. The largest absolute Gasteiger partial charge is 0.319 e. The zero-order chi connectivity index (χ0) is 17.7. The molecule has 126 valence electrons. The van der Waals surface area contributed by atoms with Crippen LogP contribution in [0.3, 0.4) is 0 Å². The predicted octanol–water partition coefficient (Wildman–Crippen LogP) is 2.68. The molecular formula is C16H14F2N2O3S. The Morgan fingerprint density at radius 2 is 1.92 bits per heavy atom. The maximum atomic E-state index is 13.6. The molecule has 0 aliphatic heterocycles. The van der Waals surface area contributed by atoms with Crippen LogP contribution in [0.25, 0.3) is 0 Å². The molecule has 0 radical (unpaired) electrons. The summed E-state index contributed by atoms with van der Waals surface area (Å²) in [5, 5.41) is 2.26. The van der Waals surface area contributed by atoms with Gasteiger partial charge in [0.2, 0.25) is 10.0 Å². The second kappa shape index (κ2) is 7.33. The zero-order valence-electron chi connectivity index (χ0n) is 12.4. The number of amides is 1. The van der Waals surface area contributed by atoms with Crippen LogP contribution in [0, 0.1) is 11.6 Å². The highest BCUT2D eigenvalue weighted by Crippen LogP contribution is 2.17. The fourth-order valence-electron chi connectivity index (χ4n) is 1.84. The minimum absolute atomic E-state index is 0.0141. The molecule has 0 unspecified atom stereocenters. The molecule has 0 saturated carbocycles. The molecule has 0 saturated heterocycles. The second-order valence-corrected chi connectivity index (χ2v) is 6.51. The Morgan fingerprint density at radius 3 is 2.58 bits per heavy atom. The SMILES string of the molecule is C=CCNS(=O)(=O)c1cccc(C(=O)Nc2ccc(F)cc2F)c1. The second-order valence-electron chi connectivity index (χ2n) is 4.75. The van der Waals surface area contributed by atoms with Gasteiger partial charge in [-0.3, -0.25) is 4.79 Å². The van der Waals surface area contributed by atoms with Crippen LogP contribution >= 0.6 is 0 Å². The van der Waals surface area contributed by atoms with Crippen molar-refractivity contribution in [3.8, 4) is 0 Å². The summed E-state index contributed by atoms with van der Waals surface area (Å²) in [5.41, 5.74) is -0.195. The molecule has 2 aromatic carbocycles. The number of sulfonamides is 1. The minimum atomic E-state index is -3.79. The van der Waals surface area contributed by atoms with E-state index in [4.69, 9.17) is 0 Å². The van der Waals surface area contributed by atoms with Crippen LogP contribution in [0.5, 0.6) is 0 Å². The highest BCUT2D eigenvalue weighted by molar-refractivity contribution is 7.89. The maximum Gasteiger partial charge on any atom is 0.255 e. The molecule has 0 aliphatic rings. The molecule has 0 heterocycles. The van der Waals surface area contributed by atoms with Gasteiger partial charge >= 0.3 is 0 Å². The lowest BCUT2D eigenvalue weighted by Gasteiger charge is -2.09. The van der Waals surface area contributed by atoms with Gasteiger partial charge in [-0.1, -0.05) is 12.1 Å². The number of carbonyl (C=O) groups is 1. The fraction of sp³-hybridized carbons (Fsp3) is 0.0625. The van der Waals surface area contributed by atoms with Gasteiger partial charge < -0.3 is 5.32 Å². The average Bonchev–Trinajstić information content (AvgIpc) is 2.55. The van der Waals surface area contributed by atoms with Gasteiger partial charge in [0.25, 0.3) is 5.91 Å². The van der Waals surface area contributed by atoms with Crippen LogP contribution in [-0.4, -0.2) is 20.9 Å². The van der Waals surface area contributed by atoms with Crippen molar-refractivity contribution in [1.82, 2.24) is 4.72 Å². The smallest absolute Gasteiger partial charge is 0.255 e. The summed E-state index contributed by atoms with van der Waals surface area (Å²) in [4.78, 5) is 12.0. The summed E-state index contributed by atoms with van der Waals surface area (Å²) in [6, 6.07) is 7.95. The Hall–Kier alpha value is -2.58. The summed E-state index contributed by atoms with van der Waals surface area (Å²) < 4.78 is 52.7. The molecule has 2 N–H and O–H groups in total. The first kappa shape index (κ1) is 17.8. The van der Waals surface area contributed by atoms with E-state index in [-0.39, 0.29) is 22.7 Å². The Kier molecular flexibility index (Phi) is 5.42. The predicted molar refractivity (Wildman–Crippen MR) is 86.1 cm³/mol. The molecule has 8 heteroatoms. The van der Waals surface area contributed by atoms with E-state index in [1.807, 2.05) is 0 Å². The van der Waals surface area contributed by atoms with Crippen molar-refractivity contribution >= 4 is 21.6 Å². The summed E-state index contributed by atoms with van der Waals surface area (Å²) in [6.07, 6.45) is 1.38. The lowest BCUT2D eigenvalue weighted by atomic mass is 10.2. The van der Waals surface area contributed by atoms with Crippen LogP contribution < -0.4 is 10.0 Å². The Bertz CT molecular complexity index is 883. The minimum Gasteiger partial charge on any atom is -0.319 e. The van der Waals surface area contributed by atoms with Crippen molar-refractivity contribution < 1.29 is 22.0 Å².